The predicted molar refractivity (Wildman–Crippen MR) is 132 cm³/mol. The third kappa shape index (κ3) is 8.92. The van der Waals surface area contributed by atoms with Gasteiger partial charge in [-0.2, -0.15) is 0 Å². The van der Waals surface area contributed by atoms with Gasteiger partial charge >= 0.3 is 5.97 Å². The molecule has 1 aromatic carbocycles. The molecule has 0 spiro atoms. The minimum absolute atomic E-state index is 0. The quantitative estimate of drug-likeness (QED) is 0.163. The van der Waals surface area contributed by atoms with Gasteiger partial charge in [0.15, 0.2) is 5.96 Å². The molecule has 1 heterocycles. The van der Waals surface area contributed by atoms with Crippen LogP contribution in [0.15, 0.2) is 23.2 Å². The maximum atomic E-state index is 12.1. The van der Waals surface area contributed by atoms with Crippen LogP contribution in [0, 0.1) is 0 Å². The molecule has 0 aliphatic carbocycles. The van der Waals surface area contributed by atoms with Crippen LogP contribution in [0.25, 0.3) is 0 Å². The molecule has 8 nitrogen and oxygen atoms in total. The maximum Gasteiger partial charge on any atom is 0.341 e. The molecule has 0 atom stereocenters. The molecule has 0 unspecified atom stereocenters. The number of esters is 1. The number of rotatable bonds is 9. The molecule has 2 rings (SSSR count). The number of carbonyl (C=O) groups is 2. The van der Waals surface area contributed by atoms with E-state index in [1.54, 1.807) is 12.1 Å². The molecule has 31 heavy (non-hydrogen) atoms. The van der Waals surface area contributed by atoms with Gasteiger partial charge in [0.1, 0.15) is 11.3 Å². The van der Waals surface area contributed by atoms with E-state index >= 15 is 0 Å². The smallest absolute Gasteiger partial charge is 0.341 e. The predicted octanol–water partition coefficient (Wildman–Crippen LogP) is 2.95. The highest BCUT2D eigenvalue weighted by Crippen LogP contribution is 2.21. The van der Waals surface area contributed by atoms with E-state index in [4.69, 9.17) is 9.47 Å². The fourth-order valence-corrected chi connectivity index (χ4v) is 3.39. The Bertz CT molecular complexity index is 742. The third-order valence-corrected chi connectivity index (χ3v) is 5.00. The first-order valence-corrected chi connectivity index (χ1v) is 10.6. The van der Waals surface area contributed by atoms with Gasteiger partial charge in [0.25, 0.3) is 0 Å². The Morgan fingerprint density at radius 1 is 1.19 bits per heavy atom. The summed E-state index contributed by atoms with van der Waals surface area (Å²) < 4.78 is 10.1. The van der Waals surface area contributed by atoms with Crippen molar-refractivity contribution in [2.45, 2.75) is 45.6 Å². The zero-order valence-corrected chi connectivity index (χ0v) is 21.1. The largest absolute Gasteiger partial charge is 0.496 e. The van der Waals surface area contributed by atoms with E-state index in [0.29, 0.717) is 30.2 Å². The van der Waals surface area contributed by atoms with Crippen molar-refractivity contribution in [2.24, 2.45) is 4.99 Å². The Kier molecular flexibility index (Phi) is 13.0. The number of ether oxygens (including phenoxy) is 2. The summed E-state index contributed by atoms with van der Waals surface area (Å²) in [5, 5.41) is 6.54. The summed E-state index contributed by atoms with van der Waals surface area (Å²) in [7, 11) is 2.87. The first-order chi connectivity index (χ1) is 14.6. The number of guanidine groups is 1. The molecule has 0 radical (unpaired) electrons. The van der Waals surface area contributed by atoms with Crippen molar-refractivity contribution < 1.29 is 19.1 Å². The molecule has 1 saturated heterocycles. The SMILES string of the molecule is CCNC(=NCc1ccc(OC)c(C(=O)OC)c1)NCCCN1CCCCCC1=O.I. The molecule has 1 aromatic rings. The van der Waals surface area contributed by atoms with Crippen molar-refractivity contribution in [1.29, 1.82) is 0 Å². The second-order valence-electron chi connectivity index (χ2n) is 7.19. The number of hydrogen-bond donors (Lipinski definition) is 2. The number of nitrogens with one attached hydrogen (secondary N) is 2. The number of methoxy groups -OCH3 is 2. The Balaban J connectivity index is 0.00000480. The number of amides is 1. The first-order valence-electron chi connectivity index (χ1n) is 10.6. The van der Waals surface area contributed by atoms with Gasteiger partial charge in [0.05, 0.1) is 20.8 Å². The summed E-state index contributed by atoms with van der Waals surface area (Å²) in [5.74, 6) is 1.01. The van der Waals surface area contributed by atoms with Gasteiger partial charge in [-0.25, -0.2) is 9.79 Å². The van der Waals surface area contributed by atoms with E-state index < -0.39 is 5.97 Å². The maximum absolute atomic E-state index is 12.1. The summed E-state index contributed by atoms with van der Waals surface area (Å²) in [6, 6.07) is 5.36. The van der Waals surface area contributed by atoms with Crippen LogP contribution in [0.3, 0.4) is 0 Å². The standard InChI is InChI=1S/C22H34N4O4.HI/c1-4-23-22(24-12-8-14-26-13-7-5-6-9-20(26)27)25-16-17-10-11-19(29-2)18(15-17)21(28)30-3;/h10-11,15H,4-9,12-14,16H2,1-3H3,(H2,23,24,25);1H. The monoisotopic (exact) mass is 546 g/mol. The highest BCUT2D eigenvalue weighted by molar-refractivity contribution is 14.0. The fraction of sp³-hybridized carbons (Fsp3) is 0.591. The molecule has 1 aliphatic heterocycles. The Morgan fingerprint density at radius 3 is 2.71 bits per heavy atom. The summed E-state index contributed by atoms with van der Waals surface area (Å²) in [6.07, 6.45) is 4.78. The lowest BCUT2D eigenvalue weighted by Gasteiger charge is -2.20. The summed E-state index contributed by atoms with van der Waals surface area (Å²) in [6.45, 7) is 5.53. The van der Waals surface area contributed by atoms with E-state index in [1.807, 2.05) is 17.9 Å². The molecule has 0 bridgehead atoms. The van der Waals surface area contributed by atoms with Crippen molar-refractivity contribution in [2.75, 3.05) is 40.4 Å². The summed E-state index contributed by atoms with van der Waals surface area (Å²) >= 11 is 0. The summed E-state index contributed by atoms with van der Waals surface area (Å²) in [4.78, 5) is 30.6. The van der Waals surface area contributed by atoms with Crippen LogP contribution in [0.4, 0.5) is 0 Å². The van der Waals surface area contributed by atoms with Crippen molar-refractivity contribution in [1.82, 2.24) is 15.5 Å². The van der Waals surface area contributed by atoms with E-state index in [9.17, 15) is 9.59 Å². The normalized spacial score (nSPS) is 14.4. The molecule has 9 heteroatoms. The lowest BCUT2D eigenvalue weighted by molar-refractivity contribution is -0.130. The summed E-state index contributed by atoms with van der Waals surface area (Å²) in [5.41, 5.74) is 1.26. The van der Waals surface area contributed by atoms with Crippen molar-refractivity contribution >= 4 is 41.8 Å². The number of nitrogens with zero attached hydrogens (tertiary/aromatic N) is 2. The van der Waals surface area contributed by atoms with Crippen LogP contribution in [0.1, 0.15) is 54.9 Å². The van der Waals surface area contributed by atoms with Crippen molar-refractivity contribution in [3.05, 3.63) is 29.3 Å². The van der Waals surface area contributed by atoms with Crippen LogP contribution in [-0.4, -0.2) is 63.1 Å². The average Bonchev–Trinajstić information content (AvgIpc) is 2.98. The second kappa shape index (κ2) is 14.9. The van der Waals surface area contributed by atoms with Crippen LogP contribution in [-0.2, 0) is 16.1 Å². The lowest BCUT2D eigenvalue weighted by atomic mass is 10.1. The van der Waals surface area contributed by atoms with Crippen molar-refractivity contribution in [3.63, 3.8) is 0 Å². The Morgan fingerprint density at radius 2 is 2.00 bits per heavy atom. The Hall–Kier alpha value is -2.04. The van der Waals surface area contributed by atoms with E-state index in [-0.39, 0.29) is 29.9 Å². The second-order valence-corrected chi connectivity index (χ2v) is 7.19. The first kappa shape index (κ1) is 27.0. The van der Waals surface area contributed by atoms with Crippen LogP contribution < -0.4 is 15.4 Å². The van der Waals surface area contributed by atoms with Gasteiger partial charge in [-0.15, -0.1) is 24.0 Å². The molecular weight excluding hydrogens is 511 g/mol. The molecular formula is C22H35IN4O4. The van der Waals surface area contributed by atoms with Crippen LogP contribution >= 0.6 is 24.0 Å². The van der Waals surface area contributed by atoms with Crippen molar-refractivity contribution in [3.8, 4) is 5.75 Å². The number of hydrogen-bond acceptors (Lipinski definition) is 5. The minimum Gasteiger partial charge on any atom is -0.496 e. The van der Waals surface area contributed by atoms with E-state index in [0.717, 1.165) is 57.4 Å². The topological polar surface area (TPSA) is 92.3 Å². The zero-order chi connectivity index (χ0) is 21.8. The van der Waals surface area contributed by atoms with Gasteiger partial charge in [0.2, 0.25) is 5.91 Å². The third-order valence-electron chi connectivity index (χ3n) is 5.00. The highest BCUT2D eigenvalue weighted by atomic mass is 127. The van der Waals surface area contributed by atoms with E-state index in [2.05, 4.69) is 15.6 Å². The minimum atomic E-state index is -0.439. The Labute approximate surface area is 202 Å². The molecule has 0 aromatic heterocycles. The number of likely N-dealkylation sites (tertiary alicyclic amines) is 1. The number of carbonyl (C=O) groups excluding carboxylic acids is 2. The van der Waals surface area contributed by atoms with Crippen LogP contribution in [0.2, 0.25) is 0 Å². The number of aliphatic imine (C=N–C) groups is 1. The van der Waals surface area contributed by atoms with Crippen LogP contribution in [0.5, 0.6) is 5.75 Å². The molecule has 1 amide bonds. The van der Waals surface area contributed by atoms with E-state index in [1.165, 1.54) is 14.2 Å². The van der Waals surface area contributed by atoms with Gasteiger partial charge < -0.3 is 25.0 Å². The molecule has 174 valence electrons. The number of halogens is 1. The molecule has 2 N–H and O–H groups in total. The highest BCUT2D eigenvalue weighted by Gasteiger charge is 2.16. The molecule has 0 saturated carbocycles. The molecule has 1 aliphatic rings. The van der Waals surface area contributed by atoms with Gasteiger partial charge in [0, 0.05) is 32.6 Å². The van der Waals surface area contributed by atoms with Gasteiger partial charge in [-0.05, 0) is 43.9 Å². The average molecular weight is 546 g/mol. The molecule has 1 fully saturated rings. The fourth-order valence-electron chi connectivity index (χ4n) is 3.39. The zero-order valence-electron chi connectivity index (χ0n) is 18.7. The van der Waals surface area contributed by atoms with Gasteiger partial charge in [-0.1, -0.05) is 12.5 Å². The lowest BCUT2D eigenvalue weighted by Crippen LogP contribution is -2.39. The number of benzene rings is 1. The van der Waals surface area contributed by atoms with Gasteiger partial charge in [-0.3, -0.25) is 4.79 Å².